The fraction of sp³-hybridized carbons (Fsp3) is 0.222. The second-order valence-corrected chi connectivity index (χ2v) is 3.66. The third-order valence-electron chi connectivity index (χ3n) is 1.69. The molecule has 1 unspecified atom stereocenters. The largest absolute Gasteiger partial charge is 0.480 e. The topological polar surface area (TPSA) is 49.3 Å². The minimum atomic E-state index is -1.03. The van der Waals surface area contributed by atoms with E-state index >= 15 is 0 Å². The normalized spacial score (nSPS) is 12.2. The fourth-order valence-corrected chi connectivity index (χ4v) is 1.37. The van der Waals surface area contributed by atoms with Crippen molar-refractivity contribution >= 4 is 27.6 Å². The van der Waals surface area contributed by atoms with Gasteiger partial charge in [-0.3, -0.25) is 4.79 Å². The Morgan fingerprint density at radius 2 is 2.29 bits per heavy atom. The van der Waals surface area contributed by atoms with Crippen molar-refractivity contribution in [3.8, 4) is 0 Å². The minimum Gasteiger partial charge on any atom is -0.480 e. The molecule has 0 fully saturated rings. The molecule has 14 heavy (non-hydrogen) atoms. The number of aliphatic carboxylic acids is 1. The van der Waals surface area contributed by atoms with Gasteiger partial charge in [-0.2, -0.15) is 0 Å². The Kier molecular flexibility index (Phi) is 3.46. The smallest absolute Gasteiger partial charge is 0.325 e. The van der Waals surface area contributed by atoms with Crippen molar-refractivity contribution in [3.05, 3.63) is 28.5 Å². The van der Waals surface area contributed by atoms with E-state index in [0.717, 1.165) is 0 Å². The molecule has 0 amide bonds. The van der Waals surface area contributed by atoms with Gasteiger partial charge in [0.2, 0.25) is 0 Å². The van der Waals surface area contributed by atoms with Gasteiger partial charge in [-0.25, -0.2) is 4.39 Å². The van der Waals surface area contributed by atoms with Gasteiger partial charge in [0.1, 0.15) is 11.9 Å². The van der Waals surface area contributed by atoms with Crippen LogP contribution in [0.4, 0.5) is 10.1 Å². The maximum absolute atomic E-state index is 13.2. The molecule has 1 atom stereocenters. The van der Waals surface area contributed by atoms with Crippen LogP contribution in [-0.2, 0) is 4.79 Å². The molecule has 0 aliphatic heterocycles. The number of rotatable bonds is 3. The molecule has 2 N–H and O–H groups in total. The average molecular weight is 262 g/mol. The molecular formula is C9H9BrFNO2. The molecule has 1 aromatic rings. The molecular weight excluding hydrogens is 253 g/mol. The van der Waals surface area contributed by atoms with Gasteiger partial charge in [0, 0.05) is 4.47 Å². The Balaban J connectivity index is 2.91. The van der Waals surface area contributed by atoms with E-state index in [-0.39, 0.29) is 5.69 Å². The van der Waals surface area contributed by atoms with E-state index in [1.165, 1.54) is 19.1 Å². The Morgan fingerprint density at radius 3 is 2.79 bits per heavy atom. The van der Waals surface area contributed by atoms with Gasteiger partial charge in [0.05, 0.1) is 5.69 Å². The summed E-state index contributed by atoms with van der Waals surface area (Å²) in [5, 5.41) is 11.2. The van der Waals surface area contributed by atoms with Crippen LogP contribution in [0.1, 0.15) is 6.92 Å². The predicted molar refractivity (Wildman–Crippen MR) is 54.8 cm³/mol. The minimum absolute atomic E-state index is 0.169. The number of nitrogens with one attached hydrogen (secondary N) is 1. The van der Waals surface area contributed by atoms with Gasteiger partial charge in [0.25, 0.3) is 0 Å². The molecule has 0 spiro atoms. The van der Waals surface area contributed by atoms with Crippen molar-refractivity contribution in [1.82, 2.24) is 0 Å². The summed E-state index contributed by atoms with van der Waals surface area (Å²) in [6, 6.07) is 3.61. The van der Waals surface area contributed by atoms with Crippen LogP contribution in [-0.4, -0.2) is 17.1 Å². The van der Waals surface area contributed by atoms with Crippen molar-refractivity contribution in [2.75, 3.05) is 5.32 Å². The lowest BCUT2D eigenvalue weighted by Crippen LogP contribution is -2.26. The quantitative estimate of drug-likeness (QED) is 0.879. The number of carboxylic acid groups (broad SMARTS) is 1. The van der Waals surface area contributed by atoms with Gasteiger partial charge in [0.15, 0.2) is 0 Å². The molecule has 5 heteroatoms. The summed E-state index contributed by atoms with van der Waals surface area (Å²) in [7, 11) is 0. The van der Waals surface area contributed by atoms with E-state index in [2.05, 4.69) is 21.2 Å². The lowest BCUT2D eigenvalue weighted by molar-refractivity contribution is -0.137. The van der Waals surface area contributed by atoms with E-state index in [1.54, 1.807) is 6.07 Å². The van der Waals surface area contributed by atoms with Gasteiger partial charge in [-0.1, -0.05) is 6.07 Å². The summed E-state index contributed by atoms with van der Waals surface area (Å²) < 4.78 is 13.7. The Bertz CT molecular complexity index is 336. The molecule has 76 valence electrons. The Labute approximate surface area is 89.1 Å². The zero-order valence-corrected chi connectivity index (χ0v) is 9.01. The second-order valence-electron chi connectivity index (χ2n) is 2.80. The molecule has 1 aromatic carbocycles. The van der Waals surface area contributed by atoms with Crippen LogP contribution >= 0.6 is 15.9 Å². The lowest BCUT2D eigenvalue weighted by atomic mass is 10.2. The van der Waals surface area contributed by atoms with Crippen LogP contribution in [0.2, 0.25) is 0 Å². The van der Waals surface area contributed by atoms with Crippen LogP contribution in [0.5, 0.6) is 0 Å². The number of halogens is 2. The van der Waals surface area contributed by atoms with Crippen molar-refractivity contribution in [2.24, 2.45) is 0 Å². The van der Waals surface area contributed by atoms with E-state index in [9.17, 15) is 9.18 Å². The molecule has 0 radical (unpaired) electrons. The van der Waals surface area contributed by atoms with E-state index in [4.69, 9.17) is 5.11 Å². The molecule has 0 saturated heterocycles. The molecule has 0 aliphatic carbocycles. The lowest BCUT2D eigenvalue weighted by Gasteiger charge is -2.12. The monoisotopic (exact) mass is 261 g/mol. The highest BCUT2D eigenvalue weighted by atomic mass is 79.9. The Hall–Kier alpha value is -1.10. The number of hydrogen-bond acceptors (Lipinski definition) is 2. The summed E-state index contributed by atoms with van der Waals surface area (Å²) in [4.78, 5) is 10.5. The molecule has 0 heterocycles. The molecule has 1 rings (SSSR count). The van der Waals surface area contributed by atoms with Crippen LogP contribution in [0.25, 0.3) is 0 Å². The number of hydrogen-bond donors (Lipinski definition) is 2. The highest BCUT2D eigenvalue weighted by molar-refractivity contribution is 9.10. The summed E-state index contributed by atoms with van der Waals surface area (Å²) >= 11 is 3.13. The predicted octanol–water partition coefficient (Wildman–Crippen LogP) is 2.47. The van der Waals surface area contributed by atoms with Crippen LogP contribution in [0, 0.1) is 5.82 Å². The highest BCUT2D eigenvalue weighted by Crippen LogP contribution is 2.25. The maximum atomic E-state index is 13.2. The van der Waals surface area contributed by atoms with Crippen LogP contribution in [0.15, 0.2) is 22.7 Å². The van der Waals surface area contributed by atoms with E-state index in [0.29, 0.717) is 4.47 Å². The number of benzene rings is 1. The van der Waals surface area contributed by atoms with Crippen molar-refractivity contribution < 1.29 is 14.3 Å². The number of carbonyl (C=O) groups is 1. The summed E-state index contributed by atoms with van der Waals surface area (Å²) in [6.45, 7) is 1.45. The zero-order valence-electron chi connectivity index (χ0n) is 7.42. The molecule has 0 bridgehead atoms. The van der Waals surface area contributed by atoms with Gasteiger partial charge in [-0.15, -0.1) is 0 Å². The van der Waals surface area contributed by atoms with E-state index < -0.39 is 17.8 Å². The van der Waals surface area contributed by atoms with Crippen molar-refractivity contribution in [2.45, 2.75) is 13.0 Å². The third-order valence-corrected chi connectivity index (χ3v) is 2.35. The second kappa shape index (κ2) is 4.41. The third kappa shape index (κ3) is 2.45. The fourth-order valence-electron chi connectivity index (χ4n) is 0.914. The summed E-state index contributed by atoms with van der Waals surface area (Å²) in [5.41, 5.74) is 0.169. The number of anilines is 1. The maximum Gasteiger partial charge on any atom is 0.325 e. The summed E-state index contributed by atoms with van der Waals surface area (Å²) in [6.07, 6.45) is 0. The Morgan fingerprint density at radius 1 is 1.64 bits per heavy atom. The first-order valence-corrected chi connectivity index (χ1v) is 4.75. The van der Waals surface area contributed by atoms with E-state index in [1.807, 2.05) is 0 Å². The molecule has 0 aromatic heterocycles. The molecule has 0 saturated carbocycles. The zero-order chi connectivity index (χ0) is 10.7. The highest BCUT2D eigenvalue weighted by Gasteiger charge is 2.14. The first kappa shape index (κ1) is 11.0. The van der Waals surface area contributed by atoms with Gasteiger partial charge >= 0.3 is 5.97 Å². The average Bonchev–Trinajstić information content (AvgIpc) is 2.11. The first-order valence-electron chi connectivity index (χ1n) is 3.95. The van der Waals surface area contributed by atoms with Crippen molar-refractivity contribution in [3.63, 3.8) is 0 Å². The molecule has 3 nitrogen and oxygen atoms in total. The van der Waals surface area contributed by atoms with Gasteiger partial charge < -0.3 is 10.4 Å². The van der Waals surface area contributed by atoms with Gasteiger partial charge in [-0.05, 0) is 35.0 Å². The van der Waals surface area contributed by atoms with Crippen LogP contribution in [0.3, 0.4) is 0 Å². The molecule has 0 aliphatic rings. The summed E-state index contributed by atoms with van der Waals surface area (Å²) in [5.74, 6) is -1.51. The number of para-hydroxylation sites is 1. The SMILES string of the molecule is CC(Nc1c(F)cccc1Br)C(=O)O. The van der Waals surface area contributed by atoms with Crippen LogP contribution < -0.4 is 5.32 Å². The standard InChI is InChI=1S/C9H9BrFNO2/c1-5(9(13)14)12-8-6(10)3-2-4-7(8)11/h2-5,12H,1H3,(H,13,14). The van der Waals surface area contributed by atoms with Crippen molar-refractivity contribution in [1.29, 1.82) is 0 Å². The number of carboxylic acids is 1. The first-order chi connectivity index (χ1) is 6.52.